The molecule has 2 N–H and O–H groups in total. The van der Waals surface area contributed by atoms with Crippen LogP contribution in [0.5, 0.6) is 0 Å². The molecule has 0 radical (unpaired) electrons. The lowest BCUT2D eigenvalue weighted by atomic mass is 10.2. The fourth-order valence-electron chi connectivity index (χ4n) is 2.49. The third-order valence-electron chi connectivity index (χ3n) is 3.88. The second-order valence-electron chi connectivity index (χ2n) is 5.55. The highest BCUT2D eigenvalue weighted by Crippen LogP contribution is 2.45. The van der Waals surface area contributed by atoms with E-state index in [1.807, 2.05) is 12.1 Å². The van der Waals surface area contributed by atoms with Gasteiger partial charge in [0.2, 0.25) is 0 Å². The molecule has 0 atom stereocenters. The SMILES string of the molecule is Nc1ccc(-n2nc(C3CC3)cc2C2CC2)cc1. The normalized spacial score (nSPS) is 19.1. The van der Waals surface area contributed by atoms with E-state index in [2.05, 4.69) is 22.9 Å². The Hall–Kier alpha value is -1.77. The first-order valence-corrected chi connectivity index (χ1v) is 6.77. The Kier molecular flexibility index (Phi) is 2.04. The van der Waals surface area contributed by atoms with E-state index in [0.29, 0.717) is 0 Å². The molecule has 1 aromatic heterocycles. The molecule has 0 bridgehead atoms. The maximum atomic E-state index is 5.75. The van der Waals surface area contributed by atoms with Crippen molar-refractivity contribution in [1.82, 2.24) is 9.78 Å². The van der Waals surface area contributed by atoms with Gasteiger partial charge in [0.1, 0.15) is 0 Å². The van der Waals surface area contributed by atoms with Crippen molar-refractivity contribution < 1.29 is 0 Å². The zero-order valence-corrected chi connectivity index (χ0v) is 10.3. The highest BCUT2D eigenvalue weighted by atomic mass is 15.3. The van der Waals surface area contributed by atoms with Gasteiger partial charge in [0.15, 0.2) is 0 Å². The van der Waals surface area contributed by atoms with Gasteiger partial charge >= 0.3 is 0 Å². The number of rotatable bonds is 3. The van der Waals surface area contributed by atoms with Crippen LogP contribution in [0.25, 0.3) is 5.69 Å². The lowest BCUT2D eigenvalue weighted by molar-refractivity contribution is 0.787. The van der Waals surface area contributed by atoms with Crippen LogP contribution in [-0.2, 0) is 0 Å². The summed E-state index contributed by atoms with van der Waals surface area (Å²) < 4.78 is 2.13. The van der Waals surface area contributed by atoms with E-state index in [4.69, 9.17) is 10.8 Å². The summed E-state index contributed by atoms with van der Waals surface area (Å²) in [4.78, 5) is 0. The van der Waals surface area contributed by atoms with Gasteiger partial charge in [-0.2, -0.15) is 5.10 Å². The summed E-state index contributed by atoms with van der Waals surface area (Å²) in [5.74, 6) is 1.44. The third-order valence-corrected chi connectivity index (χ3v) is 3.88. The molecule has 1 heterocycles. The summed E-state index contributed by atoms with van der Waals surface area (Å²) in [5.41, 5.74) is 10.4. The summed E-state index contributed by atoms with van der Waals surface area (Å²) in [7, 11) is 0. The van der Waals surface area contributed by atoms with Gasteiger partial charge in [0.25, 0.3) is 0 Å². The van der Waals surface area contributed by atoms with Crippen LogP contribution >= 0.6 is 0 Å². The first-order chi connectivity index (χ1) is 8.81. The molecule has 2 aromatic rings. The van der Waals surface area contributed by atoms with Gasteiger partial charge in [0.05, 0.1) is 11.4 Å². The first kappa shape index (κ1) is 10.2. The number of nitrogen functional groups attached to an aromatic ring is 1. The Labute approximate surface area is 107 Å². The predicted molar refractivity (Wildman–Crippen MR) is 71.9 cm³/mol. The maximum Gasteiger partial charge on any atom is 0.0662 e. The highest BCUT2D eigenvalue weighted by Gasteiger charge is 2.32. The van der Waals surface area contributed by atoms with E-state index in [9.17, 15) is 0 Å². The Morgan fingerprint density at radius 1 is 1.00 bits per heavy atom. The summed E-state index contributed by atoms with van der Waals surface area (Å²) in [6, 6.07) is 10.3. The number of aromatic nitrogens is 2. The molecule has 2 aliphatic carbocycles. The minimum Gasteiger partial charge on any atom is -0.399 e. The van der Waals surface area contributed by atoms with E-state index in [1.54, 1.807) is 0 Å². The molecule has 92 valence electrons. The van der Waals surface area contributed by atoms with E-state index in [0.717, 1.165) is 23.2 Å². The number of anilines is 1. The van der Waals surface area contributed by atoms with Gasteiger partial charge in [-0.05, 0) is 56.0 Å². The van der Waals surface area contributed by atoms with Crippen molar-refractivity contribution >= 4 is 5.69 Å². The Balaban J connectivity index is 1.79. The topological polar surface area (TPSA) is 43.8 Å². The molecule has 2 saturated carbocycles. The lowest BCUT2D eigenvalue weighted by Crippen LogP contribution is -2.01. The second kappa shape index (κ2) is 3.61. The zero-order valence-electron chi connectivity index (χ0n) is 10.3. The molecule has 1 aromatic carbocycles. The molecule has 3 heteroatoms. The molecular weight excluding hydrogens is 222 g/mol. The van der Waals surface area contributed by atoms with Gasteiger partial charge in [-0.1, -0.05) is 0 Å². The smallest absolute Gasteiger partial charge is 0.0662 e. The average molecular weight is 239 g/mol. The average Bonchev–Trinajstić information content (AvgIpc) is 3.29. The molecule has 2 aliphatic rings. The second-order valence-corrected chi connectivity index (χ2v) is 5.55. The van der Waals surface area contributed by atoms with Gasteiger partial charge in [0, 0.05) is 23.2 Å². The highest BCUT2D eigenvalue weighted by molar-refractivity contribution is 5.46. The molecule has 0 aliphatic heterocycles. The molecule has 2 fully saturated rings. The molecule has 0 spiro atoms. The number of hydrogen-bond donors (Lipinski definition) is 1. The summed E-state index contributed by atoms with van der Waals surface area (Å²) in [6.45, 7) is 0. The van der Waals surface area contributed by atoms with Gasteiger partial charge in [-0.15, -0.1) is 0 Å². The van der Waals surface area contributed by atoms with Crippen LogP contribution in [0.4, 0.5) is 5.69 Å². The quantitative estimate of drug-likeness (QED) is 0.836. The number of nitrogens with zero attached hydrogens (tertiary/aromatic N) is 2. The van der Waals surface area contributed by atoms with Gasteiger partial charge in [-0.25, -0.2) is 4.68 Å². The summed E-state index contributed by atoms with van der Waals surface area (Å²) >= 11 is 0. The van der Waals surface area contributed by atoms with Gasteiger partial charge in [-0.3, -0.25) is 0 Å². The molecule has 0 amide bonds. The van der Waals surface area contributed by atoms with Crippen LogP contribution in [-0.4, -0.2) is 9.78 Å². The number of benzene rings is 1. The fourth-order valence-corrected chi connectivity index (χ4v) is 2.49. The van der Waals surface area contributed by atoms with Crippen molar-refractivity contribution in [2.75, 3.05) is 5.73 Å². The Bertz CT molecular complexity index is 574. The van der Waals surface area contributed by atoms with Crippen LogP contribution in [0.2, 0.25) is 0 Å². The van der Waals surface area contributed by atoms with Crippen LogP contribution < -0.4 is 5.73 Å². The zero-order chi connectivity index (χ0) is 12.1. The van der Waals surface area contributed by atoms with E-state index < -0.39 is 0 Å². The van der Waals surface area contributed by atoms with E-state index in [-0.39, 0.29) is 0 Å². The fraction of sp³-hybridized carbons (Fsp3) is 0.400. The largest absolute Gasteiger partial charge is 0.399 e. The standard InChI is InChI=1S/C15H17N3/c16-12-5-7-13(8-6-12)18-15(11-3-4-11)9-14(17-18)10-1-2-10/h5-11H,1-4,16H2. The van der Waals surface area contributed by atoms with Crippen LogP contribution in [0, 0.1) is 0 Å². The maximum absolute atomic E-state index is 5.75. The molecule has 18 heavy (non-hydrogen) atoms. The lowest BCUT2D eigenvalue weighted by Gasteiger charge is -2.06. The molecular formula is C15H17N3. The minimum atomic E-state index is 0.720. The first-order valence-electron chi connectivity index (χ1n) is 6.77. The molecule has 0 unspecified atom stereocenters. The Morgan fingerprint density at radius 2 is 1.67 bits per heavy atom. The minimum absolute atomic E-state index is 0.720. The predicted octanol–water partition coefficient (Wildman–Crippen LogP) is 3.21. The van der Waals surface area contributed by atoms with Crippen molar-refractivity contribution in [1.29, 1.82) is 0 Å². The van der Waals surface area contributed by atoms with Crippen LogP contribution in [0.1, 0.15) is 48.9 Å². The van der Waals surface area contributed by atoms with Crippen LogP contribution in [0.3, 0.4) is 0 Å². The van der Waals surface area contributed by atoms with Crippen molar-refractivity contribution in [3.63, 3.8) is 0 Å². The Morgan fingerprint density at radius 3 is 2.28 bits per heavy atom. The molecule has 3 nitrogen and oxygen atoms in total. The van der Waals surface area contributed by atoms with Crippen molar-refractivity contribution in [3.8, 4) is 5.69 Å². The van der Waals surface area contributed by atoms with Crippen molar-refractivity contribution in [3.05, 3.63) is 41.7 Å². The summed E-state index contributed by atoms with van der Waals surface area (Å²) in [6.07, 6.45) is 5.24. The monoisotopic (exact) mass is 239 g/mol. The number of hydrogen-bond acceptors (Lipinski definition) is 2. The van der Waals surface area contributed by atoms with E-state index in [1.165, 1.54) is 37.1 Å². The third kappa shape index (κ3) is 1.70. The number of nitrogens with two attached hydrogens (primary N) is 1. The van der Waals surface area contributed by atoms with Crippen LogP contribution in [0.15, 0.2) is 30.3 Å². The molecule has 0 saturated heterocycles. The van der Waals surface area contributed by atoms with Crippen molar-refractivity contribution in [2.24, 2.45) is 0 Å². The van der Waals surface area contributed by atoms with E-state index >= 15 is 0 Å². The van der Waals surface area contributed by atoms with Gasteiger partial charge < -0.3 is 5.73 Å². The summed E-state index contributed by atoms with van der Waals surface area (Å²) in [5, 5.41) is 4.81. The van der Waals surface area contributed by atoms with Crippen molar-refractivity contribution in [2.45, 2.75) is 37.5 Å². The molecule has 4 rings (SSSR count).